The first-order valence-corrected chi connectivity index (χ1v) is 13.8. The molecule has 1 saturated heterocycles. The third kappa shape index (κ3) is 4.56. The summed E-state index contributed by atoms with van der Waals surface area (Å²) in [5.74, 6) is 2.49. The van der Waals surface area contributed by atoms with E-state index in [1.165, 1.54) is 0 Å². The number of hydrogen-bond donors (Lipinski definition) is 2. The second kappa shape index (κ2) is 10.5. The van der Waals surface area contributed by atoms with Crippen LogP contribution < -0.4 is 15.4 Å². The summed E-state index contributed by atoms with van der Waals surface area (Å²) in [5.41, 5.74) is 1.72. The molecule has 4 atom stereocenters. The fourth-order valence-electron chi connectivity index (χ4n) is 6.33. The number of ether oxygens (including phenoxy) is 1. The molecule has 2 aliphatic heterocycles. The minimum atomic E-state index is -1.23. The van der Waals surface area contributed by atoms with Crippen LogP contribution in [0.4, 0.5) is 5.69 Å². The summed E-state index contributed by atoms with van der Waals surface area (Å²) in [6, 6.07) is 18.5. The SMILES string of the molecule is C#Cc1ccc(Oc2ccc(C#N)cc2)c([C@@H]2NC(=O)C[C@@H](C3C=CC=C(Cl)C3)[C@]23C(=O)Nc2cc(Cl)ccc23)c1. The van der Waals surface area contributed by atoms with Crippen molar-refractivity contribution in [2.24, 2.45) is 11.8 Å². The smallest absolute Gasteiger partial charge is 0.237 e. The Bertz CT molecular complexity index is 1730. The third-order valence-corrected chi connectivity index (χ3v) is 8.60. The van der Waals surface area contributed by atoms with Crippen molar-refractivity contribution >= 4 is 40.7 Å². The summed E-state index contributed by atoms with van der Waals surface area (Å²) >= 11 is 12.8. The standard InChI is InChI=1S/C33H23Cl2N3O3/c1-2-19-8-13-29(41-24-10-6-20(18-36)7-11-24)25(14-19)31-33(26-12-9-23(35)16-28(26)37-32(33)40)27(17-30(39)38-31)21-4-3-5-22(34)15-21/h1,3-14,16,21,27,31H,15,17H2,(H,37,40)(H,38,39)/t21?,27-,31-,33-/m0/s1. The number of halogens is 2. The molecule has 6 nitrogen and oxygen atoms in total. The molecule has 0 saturated carbocycles. The molecule has 202 valence electrons. The van der Waals surface area contributed by atoms with E-state index in [-0.39, 0.29) is 24.2 Å². The van der Waals surface area contributed by atoms with E-state index in [4.69, 9.17) is 34.4 Å². The summed E-state index contributed by atoms with van der Waals surface area (Å²) in [6.45, 7) is 0. The van der Waals surface area contributed by atoms with Crippen LogP contribution in [0.2, 0.25) is 5.02 Å². The maximum Gasteiger partial charge on any atom is 0.237 e. The van der Waals surface area contributed by atoms with E-state index >= 15 is 0 Å². The number of rotatable bonds is 4. The van der Waals surface area contributed by atoms with Crippen molar-refractivity contribution < 1.29 is 14.3 Å². The molecule has 2 heterocycles. The van der Waals surface area contributed by atoms with Crippen molar-refractivity contribution in [1.29, 1.82) is 5.26 Å². The first kappa shape index (κ1) is 26.7. The Kier molecular flexibility index (Phi) is 6.83. The Balaban J connectivity index is 1.57. The van der Waals surface area contributed by atoms with Crippen LogP contribution in [-0.4, -0.2) is 11.8 Å². The van der Waals surface area contributed by atoms with Crippen LogP contribution in [0.15, 0.2) is 83.9 Å². The van der Waals surface area contributed by atoms with Crippen LogP contribution in [0.5, 0.6) is 11.5 Å². The van der Waals surface area contributed by atoms with E-state index in [1.807, 2.05) is 24.3 Å². The van der Waals surface area contributed by atoms with Gasteiger partial charge in [0.1, 0.15) is 16.9 Å². The van der Waals surface area contributed by atoms with Gasteiger partial charge in [0.05, 0.1) is 17.7 Å². The highest BCUT2D eigenvalue weighted by Gasteiger charge is 2.62. The number of fused-ring (bicyclic) bond motifs is 2. The molecule has 3 aliphatic rings. The number of amides is 2. The van der Waals surface area contributed by atoms with Crippen LogP contribution in [0.25, 0.3) is 0 Å². The van der Waals surface area contributed by atoms with E-state index in [1.54, 1.807) is 54.6 Å². The molecular weight excluding hydrogens is 557 g/mol. The zero-order valence-corrected chi connectivity index (χ0v) is 23.2. The monoisotopic (exact) mass is 579 g/mol. The maximum absolute atomic E-state index is 14.4. The summed E-state index contributed by atoms with van der Waals surface area (Å²) in [6.07, 6.45) is 12.1. The number of carbonyl (C=O) groups excluding carboxylic acids is 2. The Hall–Kier alpha value is -4.49. The molecule has 1 fully saturated rings. The van der Waals surface area contributed by atoms with Gasteiger partial charge in [-0.2, -0.15) is 5.26 Å². The molecule has 6 rings (SSSR count). The summed E-state index contributed by atoms with van der Waals surface area (Å²) in [7, 11) is 0. The lowest BCUT2D eigenvalue weighted by Crippen LogP contribution is -2.59. The summed E-state index contributed by atoms with van der Waals surface area (Å²) in [5, 5.41) is 16.5. The molecule has 2 amide bonds. The van der Waals surface area contributed by atoms with E-state index in [2.05, 4.69) is 22.6 Å². The zero-order valence-electron chi connectivity index (χ0n) is 21.7. The average Bonchev–Trinajstić information content (AvgIpc) is 3.25. The number of allylic oxidation sites excluding steroid dienone is 4. The van der Waals surface area contributed by atoms with Gasteiger partial charge in [-0.05, 0) is 84.5 Å². The van der Waals surface area contributed by atoms with Crippen LogP contribution in [0.3, 0.4) is 0 Å². The highest BCUT2D eigenvalue weighted by atomic mass is 35.5. The lowest BCUT2D eigenvalue weighted by molar-refractivity contribution is -0.135. The fraction of sp³-hybridized carbons (Fsp3) is 0.182. The summed E-state index contributed by atoms with van der Waals surface area (Å²) < 4.78 is 6.31. The highest BCUT2D eigenvalue weighted by Crippen LogP contribution is 2.58. The topological polar surface area (TPSA) is 91.2 Å². The Morgan fingerprint density at radius 2 is 1.78 bits per heavy atom. The third-order valence-electron chi connectivity index (χ3n) is 8.08. The quantitative estimate of drug-likeness (QED) is 0.334. The molecule has 41 heavy (non-hydrogen) atoms. The van der Waals surface area contributed by atoms with E-state index in [0.717, 1.165) is 5.56 Å². The second-order valence-electron chi connectivity index (χ2n) is 10.3. The van der Waals surface area contributed by atoms with E-state index in [9.17, 15) is 14.9 Å². The number of nitrogens with one attached hydrogen (secondary N) is 2. The van der Waals surface area contributed by atoms with Crippen LogP contribution in [-0.2, 0) is 15.0 Å². The van der Waals surface area contributed by atoms with Gasteiger partial charge in [-0.1, -0.05) is 47.3 Å². The molecule has 8 heteroatoms. The summed E-state index contributed by atoms with van der Waals surface area (Å²) in [4.78, 5) is 27.8. The van der Waals surface area contributed by atoms with Crippen molar-refractivity contribution in [2.45, 2.75) is 24.3 Å². The molecule has 2 N–H and O–H groups in total. The fourth-order valence-corrected chi connectivity index (χ4v) is 6.75. The molecule has 3 aromatic carbocycles. The predicted octanol–water partition coefficient (Wildman–Crippen LogP) is 6.75. The van der Waals surface area contributed by atoms with Gasteiger partial charge in [-0.15, -0.1) is 6.42 Å². The maximum atomic E-state index is 14.4. The first-order valence-electron chi connectivity index (χ1n) is 13.1. The van der Waals surface area contributed by atoms with Crippen molar-refractivity contribution in [3.63, 3.8) is 0 Å². The molecule has 1 aliphatic carbocycles. The molecule has 3 aromatic rings. The first-order chi connectivity index (χ1) is 19.8. The number of nitrogens with zero attached hydrogens (tertiary/aromatic N) is 1. The Morgan fingerprint density at radius 3 is 2.51 bits per heavy atom. The van der Waals surface area contributed by atoms with Gasteiger partial charge < -0.3 is 15.4 Å². The minimum Gasteiger partial charge on any atom is -0.457 e. The van der Waals surface area contributed by atoms with Crippen molar-refractivity contribution in [2.75, 3.05) is 5.32 Å². The van der Waals surface area contributed by atoms with E-state index in [0.29, 0.717) is 50.4 Å². The number of benzene rings is 3. The molecule has 0 bridgehead atoms. The number of carbonyl (C=O) groups is 2. The number of hydrogen-bond acceptors (Lipinski definition) is 4. The normalized spacial score (nSPS) is 24.5. The minimum absolute atomic E-state index is 0.117. The van der Waals surface area contributed by atoms with Gasteiger partial charge in [0.25, 0.3) is 0 Å². The Labute approximate surface area is 247 Å². The molecule has 0 aromatic heterocycles. The van der Waals surface area contributed by atoms with Crippen molar-refractivity contribution in [3.05, 3.63) is 111 Å². The van der Waals surface area contributed by atoms with Crippen molar-refractivity contribution in [1.82, 2.24) is 5.32 Å². The molecule has 0 radical (unpaired) electrons. The molecule has 1 spiro atoms. The van der Waals surface area contributed by atoms with Gasteiger partial charge in [-0.3, -0.25) is 9.59 Å². The van der Waals surface area contributed by atoms with Crippen LogP contribution in [0.1, 0.15) is 41.1 Å². The Morgan fingerprint density at radius 1 is 1.00 bits per heavy atom. The number of anilines is 1. The number of terminal acetylenes is 1. The predicted molar refractivity (Wildman–Crippen MR) is 158 cm³/mol. The lowest BCUT2D eigenvalue weighted by Gasteiger charge is -2.49. The second-order valence-corrected chi connectivity index (χ2v) is 11.2. The largest absolute Gasteiger partial charge is 0.457 e. The highest BCUT2D eigenvalue weighted by molar-refractivity contribution is 6.31. The molecular formula is C33H23Cl2N3O3. The van der Waals surface area contributed by atoms with Gasteiger partial charge in [0.15, 0.2) is 0 Å². The zero-order chi connectivity index (χ0) is 28.7. The van der Waals surface area contributed by atoms with Crippen LogP contribution >= 0.6 is 23.2 Å². The number of nitriles is 1. The van der Waals surface area contributed by atoms with Gasteiger partial charge in [0.2, 0.25) is 11.8 Å². The van der Waals surface area contributed by atoms with Gasteiger partial charge in [-0.25, -0.2) is 0 Å². The molecule has 1 unspecified atom stereocenters. The van der Waals surface area contributed by atoms with Crippen LogP contribution in [0, 0.1) is 35.5 Å². The number of piperidine rings is 1. The van der Waals surface area contributed by atoms with E-state index < -0.39 is 17.4 Å². The average molecular weight is 580 g/mol. The lowest BCUT2D eigenvalue weighted by atomic mass is 9.57. The van der Waals surface area contributed by atoms with Crippen molar-refractivity contribution in [3.8, 4) is 29.9 Å². The van der Waals surface area contributed by atoms with Gasteiger partial charge >= 0.3 is 0 Å². The van der Waals surface area contributed by atoms with Gasteiger partial charge in [0, 0.05) is 33.3 Å².